The van der Waals surface area contributed by atoms with Crippen LogP contribution in [-0.2, 0) is 4.74 Å². The van der Waals surface area contributed by atoms with Gasteiger partial charge in [-0.2, -0.15) is 0 Å². The maximum Gasteiger partial charge on any atom is 0.273 e. The van der Waals surface area contributed by atoms with E-state index in [-0.39, 0.29) is 17.8 Å². The predicted octanol–water partition coefficient (Wildman–Crippen LogP) is 4.41. The average Bonchev–Trinajstić information content (AvgIpc) is 3.34. The summed E-state index contributed by atoms with van der Waals surface area (Å²) in [6, 6.07) is 12.5. The first-order valence-corrected chi connectivity index (χ1v) is 11.8. The van der Waals surface area contributed by atoms with Crippen molar-refractivity contribution < 1.29 is 14.4 Å². The number of thiocarbonyl (C=S) groups is 1. The Morgan fingerprint density at radius 2 is 2.00 bits per heavy atom. The second-order valence-corrected chi connectivity index (χ2v) is 8.83. The second kappa shape index (κ2) is 10.4. The highest BCUT2D eigenvalue weighted by Gasteiger charge is 2.41. The van der Waals surface area contributed by atoms with Gasteiger partial charge in [0.15, 0.2) is 5.11 Å². The quantitative estimate of drug-likeness (QED) is 0.202. The number of ether oxygens (including phenoxy) is 2. The van der Waals surface area contributed by atoms with E-state index in [1.807, 2.05) is 32.0 Å². The molecule has 1 N–H and O–H groups in total. The van der Waals surface area contributed by atoms with Gasteiger partial charge in [-0.1, -0.05) is 6.07 Å². The van der Waals surface area contributed by atoms with Crippen molar-refractivity contribution in [3.05, 3.63) is 81.4 Å². The minimum Gasteiger partial charge on any atom is -0.494 e. The molecule has 0 bridgehead atoms. The number of aromatic nitrogens is 2. The lowest BCUT2D eigenvalue weighted by molar-refractivity contribution is -0.384. The highest BCUT2D eigenvalue weighted by Crippen LogP contribution is 2.42. The first kappa shape index (κ1) is 24.6. The Morgan fingerprint density at radius 3 is 2.66 bits per heavy atom. The van der Waals surface area contributed by atoms with E-state index < -0.39 is 4.92 Å². The van der Waals surface area contributed by atoms with E-state index >= 15 is 0 Å². The number of non-ortho nitro benzene ring substituents is 1. The van der Waals surface area contributed by atoms with Crippen LogP contribution in [-0.4, -0.2) is 51.9 Å². The Morgan fingerprint density at radius 1 is 1.20 bits per heavy atom. The van der Waals surface area contributed by atoms with E-state index in [1.165, 1.54) is 19.2 Å². The molecular weight excluding hydrogens is 466 g/mol. The van der Waals surface area contributed by atoms with Crippen LogP contribution in [0.5, 0.6) is 5.75 Å². The van der Waals surface area contributed by atoms with Crippen LogP contribution in [0.1, 0.15) is 41.1 Å². The molecule has 0 radical (unpaired) electrons. The largest absolute Gasteiger partial charge is 0.494 e. The number of aryl methyl sites for hydroxylation is 1. The zero-order chi connectivity index (χ0) is 25.1. The normalized spacial score (nSPS) is 17.5. The molecule has 0 spiro atoms. The van der Waals surface area contributed by atoms with Crippen molar-refractivity contribution in [2.75, 3.05) is 27.4 Å². The Kier molecular flexibility index (Phi) is 7.32. The Labute approximate surface area is 209 Å². The Balaban J connectivity index is 1.82. The molecule has 3 aromatic rings. The lowest BCUT2D eigenvalue weighted by Gasteiger charge is -2.28. The van der Waals surface area contributed by atoms with Gasteiger partial charge in [0.2, 0.25) is 0 Å². The van der Waals surface area contributed by atoms with Crippen molar-refractivity contribution in [3.63, 3.8) is 0 Å². The Hall–Kier alpha value is -3.50. The van der Waals surface area contributed by atoms with Crippen LogP contribution in [0.4, 0.5) is 5.69 Å². The van der Waals surface area contributed by atoms with Crippen LogP contribution in [0.2, 0.25) is 0 Å². The van der Waals surface area contributed by atoms with Crippen LogP contribution in [0.15, 0.2) is 48.7 Å². The molecular formula is C25H29N5O4S. The number of benzene rings is 1. The molecule has 35 heavy (non-hydrogen) atoms. The molecule has 0 amide bonds. The van der Waals surface area contributed by atoms with E-state index in [0.29, 0.717) is 17.5 Å². The molecule has 1 aliphatic rings. The van der Waals surface area contributed by atoms with E-state index in [4.69, 9.17) is 21.7 Å². The number of nitrogens with zero attached hydrogens (tertiary/aromatic N) is 4. The highest BCUT2D eigenvalue weighted by molar-refractivity contribution is 7.80. The lowest BCUT2D eigenvalue weighted by Crippen LogP contribution is -2.31. The third-order valence-electron chi connectivity index (χ3n) is 6.35. The van der Waals surface area contributed by atoms with Crippen LogP contribution in [0, 0.1) is 24.0 Å². The van der Waals surface area contributed by atoms with Crippen molar-refractivity contribution >= 4 is 23.0 Å². The second-order valence-electron chi connectivity index (χ2n) is 8.44. The highest BCUT2D eigenvalue weighted by atomic mass is 32.1. The maximum absolute atomic E-state index is 11.3. The molecule has 0 aliphatic carbocycles. The van der Waals surface area contributed by atoms with E-state index in [9.17, 15) is 10.1 Å². The number of hydrogen-bond acceptors (Lipinski definition) is 6. The van der Waals surface area contributed by atoms with Crippen molar-refractivity contribution in [2.45, 2.75) is 32.4 Å². The third kappa shape index (κ3) is 4.71. The van der Waals surface area contributed by atoms with Gasteiger partial charge in [0.05, 0.1) is 41.6 Å². The summed E-state index contributed by atoms with van der Waals surface area (Å²) >= 11 is 5.75. The fourth-order valence-corrected chi connectivity index (χ4v) is 5.12. The summed E-state index contributed by atoms with van der Waals surface area (Å²) in [6.45, 7) is 5.44. The lowest BCUT2D eigenvalue weighted by atomic mass is 9.96. The zero-order valence-corrected chi connectivity index (χ0v) is 21.0. The summed E-state index contributed by atoms with van der Waals surface area (Å²) in [7, 11) is 3.21. The Bertz CT molecular complexity index is 1230. The summed E-state index contributed by atoms with van der Waals surface area (Å²) in [4.78, 5) is 17.7. The van der Waals surface area contributed by atoms with Crippen molar-refractivity contribution in [1.29, 1.82) is 0 Å². The molecule has 1 fully saturated rings. The molecule has 1 aliphatic heterocycles. The smallest absolute Gasteiger partial charge is 0.273 e. The van der Waals surface area contributed by atoms with E-state index in [2.05, 4.69) is 25.8 Å². The molecule has 10 heteroatoms. The SMILES string of the molecule is COCCCN1C(=S)N[C@H](c2ccccn2)[C@@H]1c1cc(C)n(-c2ccc([N+](=O)[O-])cc2OC)c1C. The number of nitro groups is 1. The van der Waals surface area contributed by atoms with Gasteiger partial charge >= 0.3 is 0 Å². The van der Waals surface area contributed by atoms with Gasteiger partial charge in [-0.3, -0.25) is 15.1 Å². The first-order valence-electron chi connectivity index (χ1n) is 11.4. The van der Waals surface area contributed by atoms with Crippen molar-refractivity contribution in [1.82, 2.24) is 19.8 Å². The van der Waals surface area contributed by atoms with Gasteiger partial charge in [0.25, 0.3) is 5.69 Å². The number of nitrogens with one attached hydrogen (secondary N) is 1. The minimum absolute atomic E-state index is 0.0156. The summed E-state index contributed by atoms with van der Waals surface area (Å²) in [5, 5.41) is 15.4. The number of rotatable bonds is 9. The van der Waals surface area contributed by atoms with E-state index in [1.54, 1.807) is 19.4 Å². The molecule has 3 heterocycles. The molecule has 2 atom stereocenters. The molecule has 184 valence electrons. The van der Waals surface area contributed by atoms with Crippen LogP contribution < -0.4 is 10.1 Å². The van der Waals surface area contributed by atoms with Crippen LogP contribution in [0.25, 0.3) is 5.69 Å². The number of methoxy groups -OCH3 is 2. The zero-order valence-electron chi connectivity index (χ0n) is 20.2. The molecule has 1 saturated heterocycles. The van der Waals surface area contributed by atoms with Crippen LogP contribution in [0.3, 0.4) is 0 Å². The summed E-state index contributed by atoms with van der Waals surface area (Å²) in [5.74, 6) is 0.436. The van der Waals surface area contributed by atoms with E-state index in [0.717, 1.165) is 41.3 Å². The standard InChI is InChI=1S/C25H29N5O4S/c1-16-14-19(17(2)29(16)21-10-9-18(30(31)32)15-22(21)34-4)24-23(20-8-5-6-11-26-20)27-25(35)28(24)12-7-13-33-3/h5-6,8-11,14-15,23-24H,7,12-13H2,1-4H3,(H,27,35)/t23-,24+/m1/s1. The molecule has 1 aromatic carbocycles. The van der Waals surface area contributed by atoms with Gasteiger partial charge in [0, 0.05) is 43.9 Å². The molecule has 2 aromatic heterocycles. The van der Waals surface area contributed by atoms with Crippen molar-refractivity contribution in [3.8, 4) is 11.4 Å². The molecule has 9 nitrogen and oxygen atoms in total. The third-order valence-corrected chi connectivity index (χ3v) is 6.70. The molecule has 4 rings (SSSR count). The summed E-state index contributed by atoms with van der Waals surface area (Å²) in [5.41, 5.74) is 4.73. The summed E-state index contributed by atoms with van der Waals surface area (Å²) < 4.78 is 12.9. The summed E-state index contributed by atoms with van der Waals surface area (Å²) in [6.07, 6.45) is 2.62. The minimum atomic E-state index is -0.423. The number of hydrogen-bond donors (Lipinski definition) is 1. The van der Waals surface area contributed by atoms with Gasteiger partial charge < -0.3 is 24.3 Å². The number of nitro benzene ring substituents is 1. The van der Waals surface area contributed by atoms with Gasteiger partial charge in [-0.25, -0.2) is 0 Å². The first-order chi connectivity index (χ1) is 16.9. The van der Waals surface area contributed by atoms with Crippen LogP contribution >= 0.6 is 12.2 Å². The molecule has 0 saturated carbocycles. The van der Waals surface area contributed by atoms with Gasteiger partial charge in [0.1, 0.15) is 5.75 Å². The average molecular weight is 496 g/mol. The monoisotopic (exact) mass is 495 g/mol. The van der Waals surface area contributed by atoms with Gasteiger partial charge in [-0.05, 0) is 62.3 Å². The predicted molar refractivity (Wildman–Crippen MR) is 137 cm³/mol. The van der Waals surface area contributed by atoms with Crippen molar-refractivity contribution in [2.24, 2.45) is 0 Å². The maximum atomic E-state index is 11.3. The molecule has 0 unspecified atom stereocenters. The fraction of sp³-hybridized carbons (Fsp3) is 0.360. The fourth-order valence-electron chi connectivity index (χ4n) is 4.79. The topological polar surface area (TPSA) is 94.7 Å². The number of pyridine rings is 1. The van der Waals surface area contributed by atoms with Gasteiger partial charge in [-0.15, -0.1) is 0 Å².